The number of hydrogen-bond acceptors (Lipinski definition) is 4. The molecular formula is C18H16Cl3NO4. The van der Waals surface area contributed by atoms with Crippen LogP contribution in [0.1, 0.15) is 11.1 Å². The van der Waals surface area contributed by atoms with Gasteiger partial charge in [-0.15, -0.1) is 0 Å². The molecule has 0 heterocycles. The minimum atomic E-state index is -0.674. The first kappa shape index (κ1) is 20.4. The fraction of sp³-hybridized carbons (Fsp3) is 0.222. The number of nitrogens with one attached hydrogen (secondary N) is 1. The van der Waals surface area contributed by atoms with E-state index in [4.69, 9.17) is 44.3 Å². The lowest BCUT2D eigenvalue weighted by Crippen LogP contribution is -2.24. The summed E-state index contributed by atoms with van der Waals surface area (Å²) in [5, 5.41) is 3.17. The molecule has 0 saturated heterocycles. The molecule has 1 N–H and O–H groups in total. The third-order valence-electron chi connectivity index (χ3n) is 3.19. The largest absolute Gasteiger partial charge is 0.482 e. The molecule has 8 heteroatoms. The van der Waals surface area contributed by atoms with Crippen LogP contribution in [0.4, 0.5) is 5.69 Å². The molecule has 0 bridgehead atoms. The third kappa shape index (κ3) is 6.09. The van der Waals surface area contributed by atoms with Crippen LogP contribution in [0.3, 0.4) is 0 Å². The van der Waals surface area contributed by atoms with E-state index in [0.29, 0.717) is 10.8 Å². The molecule has 0 aliphatic heterocycles. The maximum atomic E-state index is 11.9. The SMILES string of the molecule is Cc1cc(C)cc(OCC(=O)OCC(=O)Nc2c(Cl)cc(Cl)cc2Cl)c1. The number of carbonyl (C=O) groups is 2. The van der Waals surface area contributed by atoms with Gasteiger partial charge in [-0.1, -0.05) is 40.9 Å². The molecule has 0 saturated carbocycles. The zero-order valence-electron chi connectivity index (χ0n) is 14.1. The van der Waals surface area contributed by atoms with Gasteiger partial charge in [0.1, 0.15) is 5.75 Å². The Morgan fingerprint density at radius 3 is 2.08 bits per heavy atom. The van der Waals surface area contributed by atoms with Gasteiger partial charge in [-0.2, -0.15) is 0 Å². The van der Waals surface area contributed by atoms with Crippen LogP contribution in [0.5, 0.6) is 5.75 Å². The predicted molar refractivity (Wildman–Crippen MR) is 102 cm³/mol. The van der Waals surface area contributed by atoms with E-state index in [2.05, 4.69) is 5.32 Å². The second kappa shape index (κ2) is 9.12. The topological polar surface area (TPSA) is 64.6 Å². The van der Waals surface area contributed by atoms with Gasteiger partial charge >= 0.3 is 5.97 Å². The van der Waals surface area contributed by atoms with Crippen molar-refractivity contribution < 1.29 is 19.1 Å². The van der Waals surface area contributed by atoms with Gasteiger partial charge in [-0.05, 0) is 49.2 Å². The van der Waals surface area contributed by atoms with E-state index in [1.165, 1.54) is 12.1 Å². The van der Waals surface area contributed by atoms with Crippen molar-refractivity contribution in [3.63, 3.8) is 0 Å². The van der Waals surface area contributed by atoms with E-state index in [1.807, 2.05) is 19.9 Å². The zero-order valence-corrected chi connectivity index (χ0v) is 16.3. The minimum Gasteiger partial charge on any atom is -0.482 e. The fourth-order valence-corrected chi connectivity index (χ4v) is 3.09. The summed E-state index contributed by atoms with van der Waals surface area (Å²) in [5.41, 5.74) is 2.24. The smallest absolute Gasteiger partial charge is 0.344 e. The van der Waals surface area contributed by atoms with Crippen LogP contribution in [0.2, 0.25) is 15.1 Å². The van der Waals surface area contributed by atoms with Crippen LogP contribution >= 0.6 is 34.8 Å². The highest BCUT2D eigenvalue weighted by Crippen LogP contribution is 2.33. The first-order valence-electron chi connectivity index (χ1n) is 7.55. The van der Waals surface area contributed by atoms with E-state index in [9.17, 15) is 9.59 Å². The van der Waals surface area contributed by atoms with Crippen molar-refractivity contribution >= 4 is 52.4 Å². The van der Waals surface area contributed by atoms with Crippen molar-refractivity contribution in [2.24, 2.45) is 0 Å². The summed E-state index contributed by atoms with van der Waals surface area (Å²) < 4.78 is 10.2. The van der Waals surface area contributed by atoms with Crippen molar-refractivity contribution in [2.45, 2.75) is 13.8 Å². The Kier molecular flexibility index (Phi) is 7.14. The zero-order chi connectivity index (χ0) is 19.3. The van der Waals surface area contributed by atoms with Crippen LogP contribution in [0, 0.1) is 13.8 Å². The maximum absolute atomic E-state index is 11.9. The van der Waals surface area contributed by atoms with Gasteiger partial charge in [0.25, 0.3) is 5.91 Å². The number of carbonyl (C=O) groups excluding carboxylic acids is 2. The molecule has 0 unspecified atom stereocenters. The van der Waals surface area contributed by atoms with Gasteiger partial charge < -0.3 is 14.8 Å². The first-order valence-corrected chi connectivity index (χ1v) is 8.69. The summed E-state index contributed by atoms with van der Waals surface area (Å²) in [4.78, 5) is 23.6. The number of amides is 1. The summed E-state index contributed by atoms with van der Waals surface area (Å²) >= 11 is 17.7. The van der Waals surface area contributed by atoms with Crippen LogP contribution in [0.15, 0.2) is 30.3 Å². The monoisotopic (exact) mass is 415 g/mol. The Balaban J connectivity index is 1.82. The highest BCUT2D eigenvalue weighted by molar-refractivity contribution is 6.42. The highest BCUT2D eigenvalue weighted by atomic mass is 35.5. The number of ether oxygens (including phenoxy) is 2. The molecule has 2 aromatic carbocycles. The normalized spacial score (nSPS) is 10.3. The Labute approximate surface area is 166 Å². The van der Waals surface area contributed by atoms with E-state index < -0.39 is 18.5 Å². The second-order valence-electron chi connectivity index (χ2n) is 5.57. The molecule has 1 amide bonds. The number of anilines is 1. The van der Waals surface area contributed by atoms with Crippen molar-refractivity contribution in [1.29, 1.82) is 0 Å². The second-order valence-corrected chi connectivity index (χ2v) is 6.82. The van der Waals surface area contributed by atoms with Crippen LogP contribution < -0.4 is 10.1 Å². The van der Waals surface area contributed by atoms with Crippen LogP contribution in [-0.4, -0.2) is 25.1 Å². The van der Waals surface area contributed by atoms with Crippen molar-refractivity contribution in [3.05, 3.63) is 56.5 Å². The average Bonchev–Trinajstić information content (AvgIpc) is 2.53. The molecule has 0 spiro atoms. The van der Waals surface area contributed by atoms with Crippen molar-refractivity contribution in [2.75, 3.05) is 18.5 Å². The average molecular weight is 417 g/mol. The van der Waals surface area contributed by atoms with Crippen LogP contribution in [-0.2, 0) is 14.3 Å². The van der Waals surface area contributed by atoms with Crippen molar-refractivity contribution in [3.8, 4) is 5.75 Å². The molecule has 0 aliphatic carbocycles. The summed E-state index contributed by atoms with van der Waals surface area (Å²) in [5.74, 6) is -0.702. The number of halogens is 3. The van der Waals surface area contributed by atoms with Gasteiger partial charge in [0, 0.05) is 5.02 Å². The maximum Gasteiger partial charge on any atom is 0.344 e. The molecule has 5 nitrogen and oxygen atoms in total. The quantitative estimate of drug-likeness (QED) is 0.685. The van der Waals surface area contributed by atoms with Gasteiger partial charge in [-0.25, -0.2) is 4.79 Å². The van der Waals surface area contributed by atoms with Gasteiger partial charge in [-0.3, -0.25) is 4.79 Å². The number of aryl methyl sites for hydroxylation is 2. The van der Waals surface area contributed by atoms with Gasteiger partial charge in [0.15, 0.2) is 13.2 Å². The van der Waals surface area contributed by atoms with E-state index in [-0.39, 0.29) is 22.3 Å². The van der Waals surface area contributed by atoms with Gasteiger partial charge in [0.05, 0.1) is 15.7 Å². The molecule has 2 aromatic rings. The molecule has 0 aliphatic rings. The Morgan fingerprint density at radius 2 is 1.50 bits per heavy atom. The lowest BCUT2D eigenvalue weighted by atomic mass is 10.1. The van der Waals surface area contributed by atoms with E-state index >= 15 is 0 Å². The highest BCUT2D eigenvalue weighted by Gasteiger charge is 2.13. The molecule has 138 valence electrons. The number of hydrogen-bond donors (Lipinski definition) is 1. The lowest BCUT2D eigenvalue weighted by Gasteiger charge is -2.11. The lowest BCUT2D eigenvalue weighted by molar-refractivity contribution is -0.149. The molecule has 2 rings (SSSR count). The standard InChI is InChI=1S/C18H16Cl3NO4/c1-10-3-11(2)5-13(4-10)25-9-17(24)26-8-16(23)22-18-14(20)6-12(19)7-15(18)21/h3-7H,8-9H2,1-2H3,(H,22,23). The minimum absolute atomic E-state index is 0.181. The Morgan fingerprint density at radius 1 is 0.923 bits per heavy atom. The molecule has 0 atom stereocenters. The number of benzene rings is 2. The molecule has 0 fully saturated rings. The summed E-state index contributed by atoms with van der Waals surface area (Å²) in [7, 11) is 0. The fourth-order valence-electron chi connectivity index (χ4n) is 2.18. The molecule has 26 heavy (non-hydrogen) atoms. The molecular weight excluding hydrogens is 401 g/mol. The summed E-state index contributed by atoms with van der Waals surface area (Å²) in [6.07, 6.45) is 0. The molecule has 0 radical (unpaired) electrons. The third-order valence-corrected chi connectivity index (χ3v) is 4.00. The first-order chi connectivity index (χ1) is 12.2. The van der Waals surface area contributed by atoms with Crippen LogP contribution in [0.25, 0.3) is 0 Å². The molecule has 0 aromatic heterocycles. The van der Waals surface area contributed by atoms with Crippen molar-refractivity contribution in [1.82, 2.24) is 0 Å². The Hall–Kier alpha value is -1.95. The summed E-state index contributed by atoms with van der Waals surface area (Å²) in [6.45, 7) is 3.05. The summed E-state index contributed by atoms with van der Waals surface area (Å²) in [6, 6.07) is 8.47. The number of rotatable bonds is 6. The predicted octanol–water partition coefficient (Wildman–Crippen LogP) is 4.82. The number of esters is 1. The van der Waals surface area contributed by atoms with E-state index in [0.717, 1.165) is 11.1 Å². The van der Waals surface area contributed by atoms with Gasteiger partial charge in [0.2, 0.25) is 0 Å². The van der Waals surface area contributed by atoms with E-state index in [1.54, 1.807) is 12.1 Å². The Bertz CT molecular complexity index is 796.